The number of amides is 1. The first-order chi connectivity index (χ1) is 12.6. The van der Waals surface area contributed by atoms with Crippen LogP contribution in [0.3, 0.4) is 0 Å². The number of hydrogen-bond acceptors (Lipinski definition) is 2. The van der Waals surface area contributed by atoms with Crippen LogP contribution in [0.4, 0.5) is 0 Å². The average molecular weight is 368 g/mol. The van der Waals surface area contributed by atoms with Gasteiger partial charge in [-0.2, -0.15) is 0 Å². The van der Waals surface area contributed by atoms with Gasteiger partial charge in [-0.1, -0.05) is 58.0 Å². The van der Waals surface area contributed by atoms with Crippen molar-refractivity contribution in [2.45, 2.75) is 72.4 Å². The highest BCUT2D eigenvalue weighted by molar-refractivity contribution is 5.81. The fraction of sp³-hybridized carbons (Fsp3) is 0.458. The number of hydrogen-bond donors (Lipinski definition) is 1. The van der Waals surface area contributed by atoms with Crippen molar-refractivity contribution in [2.24, 2.45) is 0 Å². The molecule has 0 saturated heterocycles. The summed E-state index contributed by atoms with van der Waals surface area (Å²) in [7, 11) is 0. The molecule has 0 fully saturated rings. The predicted molar refractivity (Wildman–Crippen MR) is 112 cm³/mol. The Morgan fingerprint density at radius 1 is 1.04 bits per heavy atom. The predicted octanol–water partition coefficient (Wildman–Crippen LogP) is 5.64. The molecule has 27 heavy (non-hydrogen) atoms. The third kappa shape index (κ3) is 5.59. The van der Waals surface area contributed by atoms with Gasteiger partial charge in [-0.05, 0) is 67.0 Å². The lowest BCUT2D eigenvalue weighted by Gasteiger charge is -2.23. The number of carbonyl (C=O) groups is 1. The Bertz CT molecular complexity index is 772. The summed E-state index contributed by atoms with van der Waals surface area (Å²) in [5.74, 6) is 0.658. The van der Waals surface area contributed by atoms with Crippen LogP contribution in [-0.2, 0) is 10.2 Å². The Balaban J connectivity index is 2.03. The highest BCUT2D eigenvalue weighted by atomic mass is 16.5. The van der Waals surface area contributed by atoms with E-state index < -0.39 is 6.10 Å². The van der Waals surface area contributed by atoms with Gasteiger partial charge in [0.2, 0.25) is 0 Å². The van der Waals surface area contributed by atoms with Crippen LogP contribution >= 0.6 is 0 Å². The van der Waals surface area contributed by atoms with Crippen molar-refractivity contribution in [1.29, 1.82) is 0 Å². The first-order valence-corrected chi connectivity index (χ1v) is 9.76. The van der Waals surface area contributed by atoms with E-state index in [1.54, 1.807) is 0 Å². The summed E-state index contributed by atoms with van der Waals surface area (Å²) >= 11 is 0. The molecular weight excluding hydrogens is 334 g/mol. The van der Waals surface area contributed by atoms with E-state index >= 15 is 0 Å². The fourth-order valence-electron chi connectivity index (χ4n) is 2.94. The molecule has 2 aromatic rings. The number of aryl methyl sites for hydroxylation is 2. The first-order valence-electron chi connectivity index (χ1n) is 9.76. The molecule has 0 aliphatic carbocycles. The van der Waals surface area contributed by atoms with Gasteiger partial charge >= 0.3 is 0 Å². The van der Waals surface area contributed by atoms with Crippen LogP contribution in [0.1, 0.15) is 69.3 Å². The Hall–Kier alpha value is -2.29. The number of benzene rings is 2. The lowest BCUT2D eigenvalue weighted by atomic mass is 9.86. The molecule has 0 aliphatic heterocycles. The van der Waals surface area contributed by atoms with E-state index in [0.717, 1.165) is 16.9 Å². The summed E-state index contributed by atoms with van der Waals surface area (Å²) in [5, 5.41) is 3.09. The molecular formula is C24H33NO2. The van der Waals surface area contributed by atoms with Gasteiger partial charge in [0.05, 0.1) is 6.04 Å². The first kappa shape index (κ1) is 21.0. The van der Waals surface area contributed by atoms with E-state index in [1.807, 2.05) is 39.0 Å². The molecule has 146 valence electrons. The molecule has 0 aliphatic rings. The van der Waals surface area contributed by atoms with E-state index in [9.17, 15) is 4.79 Å². The second kappa shape index (κ2) is 8.60. The van der Waals surface area contributed by atoms with Crippen molar-refractivity contribution >= 4 is 5.91 Å². The van der Waals surface area contributed by atoms with Crippen molar-refractivity contribution < 1.29 is 9.53 Å². The number of carbonyl (C=O) groups excluding carboxylic acids is 1. The van der Waals surface area contributed by atoms with Crippen LogP contribution in [0.2, 0.25) is 0 Å². The smallest absolute Gasteiger partial charge is 0.261 e. The van der Waals surface area contributed by atoms with Crippen LogP contribution in [0, 0.1) is 13.8 Å². The summed E-state index contributed by atoms with van der Waals surface area (Å²) < 4.78 is 5.95. The minimum atomic E-state index is -0.497. The van der Waals surface area contributed by atoms with Crippen molar-refractivity contribution in [2.75, 3.05) is 0 Å². The number of ether oxygens (including phenoxy) is 1. The SMILES string of the molecule is CC[C@@H](Oc1ccc(C)c(C)c1)C(=O)N[C@H](C)c1ccc(C(C)(C)C)cc1. The molecule has 0 heterocycles. The Morgan fingerprint density at radius 2 is 1.67 bits per heavy atom. The molecule has 0 unspecified atom stereocenters. The van der Waals surface area contributed by atoms with Gasteiger partial charge in [-0.15, -0.1) is 0 Å². The second-order valence-corrected chi connectivity index (χ2v) is 8.36. The van der Waals surface area contributed by atoms with Gasteiger partial charge in [0, 0.05) is 0 Å². The van der Waals surface area contributed by atoms with Gasteiger partial charge in [0.15, 0.2) is 6.10 Å². The van der Waals surface area contributed by atoms with E-state index in [2.05, 4.69) is 57.3 Å². The van der Waals surface area contributed by atoms with E-state index in [4.69, 9.17) is 4.74 Å². The second-order valence-electron chi connectivity index (χ2n) is 8.36. The maximum absolute atomic E-state index is 12.7. The molecule has 2 atom stereocenters. The zero-order chi connectivity index (χ0) is 20.2. The van der Waals surface area contributed by atoms with E-state index in [0.29, 0.717) is 6.42 Å². The Labute approximate surface area is 164 Å². The molecule has 1 amide bonds. The quantitative estimate of drug-likeness (QED) is 0.718. The van der Waals surface area contributed by atoms with Crippen molar-refractivity contribution in [3.8, 4) is 5.75 Å². The van der Waals surface area contributed by atoms with Gasteiger partial charge in [-0.3, -0.25) is 4.79 Å². The summed E-state index contributed by atoms with van der Waals surface area (Å²) in [6.07, 6.45) is 0.123. The van der Waals surface area contributed by atoms with E-state index in [-0.39, 0.29) is 17.4 Å². The highest BCUT2D eigenvalue weighted by Gasteiger charge is 2.21. The third-order valence-electron chi connectivity index (χ3n) is 5.06. The molecule has 0 spiro atoms. The van der Waals surface area contributed by atoms with Crippen molar-refractivity contribution in [3.63, 3.8) is 0 Å². The van der Waals surface area contributed by atoms with E-state index in [1.165, 1.54) is 11.1 Å². The van der Waals surface area contributed by atoms with Gasteiger partial charge in [0.1, 0.15) is 5.75 Å². The normalized spacial score (nSPS) is 13.7. The molecule has 3 heteroatoms. The summed E-state index contributed by atoms with van der Waals surface area (Å²) in [6, 6.07) is 14.3. The van der Waals surface area contributed by atoms with Gasteiger partial charge < -0.3 is 10.1 Å². The molecule has 2 aromatic carbocycles. The average Bonchev–Trinajstić information content (AvgIpc) is 2.61. The topological polar surface area (TPSA) is 38.3 Å². The minimum absolute atomic E-state index is 0.0658. The molecule has 0 saturated carbocycles. The number of nitrogens with one attached hydrogen (secondary N) is 1. The zero-order valence-electron chi connectivity index (χ0n) is 17.7. The summed E-state index contributed by atoms with van der Waals surface area (Å²) in [4.78, 5) is 12.7. The van der Waals surface area contributed by atoms with Crippen molar-refractivity contribution in [1.82, 2.24) is 5.32 Å². The number of rotatable bonds is 6. The largest absolute Gasteiger partial charge is 0.481 e. The van der Waals surface area contributed by atoms with Crippen LogP contribution in [-0.4, -0.2) is 12.0 Å². The van der Waals surface area contributed by atoms with Crippen LogP contribution in [0.5, 0.6) is 5.75 Å². The molecule has 0 radical (unpaired) electrons. The molecule has 0 bridgehead atoms. The lowest BCUT2D eigenvalue weighted by Crippen LogP contribution is -2.39. The monoisotopic (exact) mass is 367 g/mol. The van der Waals surface area contributed by atoms with Crippen LogP contribution in [0.25, 0.3) is 0 Å². The standard InChI is InChI=1S/C24H33NO2/c1-8-22(27-21-14-9-16(2)17(3)15-21)23(26)25-18(4)19-10-12-20(13-11-19)24(5,6)7/h9-15,18,22H,8H2,1-7H3,(H,25,26)/t18-,22-/m1/s1. The lowest BCUT2D eigenvalue weighted by molar-refractivity contribution is -0.128. The Kier molecular flexibility index (Phi) is 6.69. The minimum Gasteiger partial charge on any atom is -0.481 e. The Morgan fingerprint density at radius 3 is 2.19 bits per heavy atom. The fourth-order valence-corrected chi connectivity index (χ4v) is 2.94. The molecule has 3 nitrogen and oxygen atoms in total. The van der Waals surface area contributed by atoms with Crippen molar-refractivity contribution in [3.05, 3.63) is 64.7 Å². The maximum Gasteiger partial charge on any atom is 0.261 e. The highest BCUT2D eigenvalue weighted by Crippen LogP contribution is 2.24. The summed E-state index contributed by atoms with van der Waals surface area (Å²) in [6.45, 7) is 14.7. The van der Waals surface area contributed by atoms with Crippen LogP contribution in [0.15, 0.2) is 42.5 Å². The summed E-state index contributed by atoms with van der Waals surface area (Å²) in [5.41, 5.74) is 4.88. The van der Waals surface area contributed by atoms with Crippen LogP contribution < -0.4 is 10.1 Å². The van der Waals surface area contributed by atoms with Gasteiger partial charge in [0.25, 0.3) is 5.91 Å². The third-order valence-corrected chi connectivity index (χ3v) is 5.06. The molecule has 0 aromatic heterocycles. The zero-order valence-corrected chi connectivity index (χ0v) is 17.7. The van der Waals surface area contributed by atoms with Gasteiger partial charge in [-0.25, -0.2) is 0 Å². The maximum atomic E-state index is 12.7. The molecule has 2 rings (SSSR count). The molecule has 1 N–H and O–H groups in total.